The van der Waals surface area contributed by atoms with Gasteiger partial charge in [-0.25, -0.2) is 0 Å². The van der Waals surface area contributed by atoms with Crippen LogP contribution in [0.5, 0.6) is 0 Å². The topological polar surface area (TPSA) is 46.2 Å². The van der Waals surface area contributed by atoms with Crippen molar-refractivity contribution in [1.82, 2.24) is 0 Å². The van der Waals surface area contributed by atoms with E-state index in [4.69, 9.17) is 11.6 Å². The zero-order valence-electron chi connectivity index (χ0n) is 13.6. The Morgan fingerprint density at radius 2 is 1.70 bits per heavy atom. The molecule has 0 heterocycles. The van der Waals surface area contributed by atoms with Gasteiger partial charge in [-0.05, 0) is 44.0 Å². The van der Waals surface area contributed by atoms with Gasteiger partial charge in [-0.2, -0.15) is 0 Å². The van der Waals surface area contributed by atoms with Crippen LogP contribution >= 0.6 is 11.6 Å². The summed E-state index contributed by atoms with van der Waals surface area (Å²) in [6.07, 6.45) is 0.340. The Hall–Kier alpha value is -2.13. The number of hydrogen-bond donors (Lipinski definition) is 1. The Balaban J connectivity index is 1.93. The van der Waals surface area contributed by atoms with Crippen LogP contribution in [0.15, 0.2) is 36.4 Å². The number of anilines is 1. The third kappa shape index (κ3) is 4.67. The summed E-state index contributed by atoms with van der Waals surface area (Å²) in [5.74, 6) is -0.206. The second-order valence-corrected chi connectivity index (χ2v) is 6.16. The first-order chi connectivity index (χ1) is 10.9. The van der Waals surface area contributed by atoms with E-state index >= 15 is 0 Å². The van der Waals surface area contributed by atoms with Crippen molar-refractivity contribution < 1.29 is 9.59 Å². The van der Waals surface area contributed by atoms with Gasteiger partial charge in [-0.15, -0.1) is 0 Å². The van der Waals surface area contributed by atoms with E-state index in [9.17, 15) is 9.59 Å². The Kier molecular flexibility index (Phi) is 5.56. The van der Waals surface area contributed by atoms with Crippen LogP contribution in [0, 0.1) is 20.8 Å². The number of carbonyl (C=O) groups is 2. The molecule has 4 heteroatoms. The molecular weight excluding hydrogens is 310 g/mol. The lowest BCUT2D eigenvalue weighted by atomic mass is 9.99. The Bertz CT molecular complexity index is 753. The zero-order valence-corrected chi connectivity index (χ0v) is 14.3. The Morgan fingerprint density at radius 3 is 2.35 bits per heavy atom. The van der Waals surface area contributed by atoms with Crippen LogP contribution < -0.4 is 5.32 Å². The van der Waals surface area contributed by atoms with Gasteiger partial charge in [0, 0.05) is 29.1 Å². The molecule has 3 nitrogen and oxygen atoms in total. The van der Waals surface area contributed by atoms with Crippen LogP contribution in [-0.2, 0) is 4.79 Å². The number of carbonyl (C=O) groups excluding carboxylic acids is 2. The first-order valence-electron chi connectivity index (χ1n) is 7.53. The minimum Gasteiger partial charge on any atom is -0.326 e. The lowest BCUT2D eigenvalue weighted by Gasteiger charge is -2.08. The molecule has 0 unspecified atom stereocenters. The number of Topliss-reactive ketones (excluding diaryl/α,β-unsaturated/α-hetero) is 1. The molecule has 1 amide bonds. The molecule has 2 aromatic rings. The van der Waals surface area contributed by atoms with E-state index in [1.807, 2.05) is 45.0 Å². The molecule has 0 aliphatic carbocycles. The smallest absolute Gasteiger partial charge is 0.224 e. The molecule has 0 saturated carbocycles. The maximum absolute atomic E-state index is 12.2. The van der Waals surface area contributed by atoms with Crippen LogP contribution in [0.2, 0.25) is 5.02 Å². The SMILES string of the molecule is Cc1ccc(C(=O)CCC(=O)Nc2ccc(C)c(Cl)c2)c(C)c1. The second kappa shape index (κ2) is 7.42. The number of rotatable bonds is 5. The van der Waals surface area contributed by atoms with Gasteiger partial charge >= 0.3 is 0 Å². The molecule has 0 atom stereocenters. The maximum atomic E-state index is 12.2. The molecule has 1 N–H and O–H groups in total. The van der Waals surface area contributed by atoms with Crippen molar-refractivity contribution in [2.75, 3.05) is 5.32 Å². The molecule has 0 bridgehead atoms. The van der Waals surface area contributed by atoms with Crippen molar-refractivity contribution in [2.24, 2.45) is 0 Å². The normalized spacial score (nSPS) is 10.4. The summed E-state index contributed by atoms with van der Waals surface area (Å²) in [4.78, 5) is 24.2. The van der Waals surface area contributed by atoms with Crippen LogP contribution in [0.4, 0.5) is 5.69 Å². The number of aryl methyl sites for hydroxylation is 3. The van der Waals surface area contributed by atoms with E-state index in [-0.39, 0.29) is 24.5 Å². The Labute approximate surface area is 141 Å². The van der Waals surface area contributed by atoms with Gasteiger partial charge in [0.05, 0.1) is 0 Å². The highest BCUT2D eigenvalue weighted by Gasteiger charge is 2.12. The molecule has 2 rings (SSSR count). The van der Waals surface area contributed by atoms with E-state index in [1.54, 1.807) is 12.1 Å². The predicted molar refractivity (Wildman–Crippen MR) is 94.3 cm³/mol. The minimum absolute atomic E-state index is 0.0143. The fraction of sp³-hybridized carbons (Fsp3) is 0.263. The van der Waals surface area contributed by atoms with Gasteiger partial charge in [-0.3, -0.25) is 9.59 Å². The number of nitrogens with one attached hydrogen (secondary N) is 1. The van der Waals surface area contributed by atoms with E-state index in [0.717, 1.165) is 16.7 Å². The molecule has 0 aromatic heterocycles. The third-order valence-corrected chi connectivity index (χ3v) is 4.12. The van der Waals surface area contributed by atoms with Crippen molar-refractivity contribution in [1.29, 1.82) is 0 Å². The molecule has 120 valence electrons. The zero-order chi connectivity index (χ0) is 17.0. The lowest BCUT2D eigenvalue weighted by Crippen LogP contribution is -2.14. The fourth-order valence-corrected chi connectivity index (χ4v) is 2.56. The van der Waals surface area contributed by atoms with Crippen molar-refractivity contribution in [2.45, 2.75) is 33.6 Å². The average Bonchev–Trinajstić information content (AvgIpc) is 2.48. The molecule has 23 heavy (non-hydrogen) atoms. The molecular formula is C19H20ClNO2. The van der Waals surface area contributed by atoms with Gasteiger partial charge in [0.1, 0.15) is 0 Å². The number of amides is 1. The minimum atomic E-state index is -0.192. The highest BCUT2D eigenvalue weighted by Crippen LogP contribution is 2.20. The summed E-state index contributed by atoms with van der Waals surface area (Å²) in [7, 11) is 0. The summed E-state index contributed by atoms with van der Waals surface area (Å²) in [5, 5.41) is 3.37. The quantitative estimate of drug-likeness (QED) is 0.796. The van der Waals surface area contributed by atoms with Gasteiger partial charge in [0.15, 0.2) is 5.78 Å². The molecule has 0 aliphatic rings. The third-order valence-electron chi connectivity index (χ3n) is 3.72. The van der Waals surface area contributed by atoms with Crippen molar-refractivity contribution in [3.63, 3.8) is 0 Å². The molecule has 0 fully saturated rings. The first-order valence-corrected chi connectivity index (χ1v) is 7.91. The molecule has 0 radical (unpaired) electrons. The van der Waals surface area contributed by atoms with Crippen molar-refractivity contribution in [3.05, 3.63) is 63.7 Å². The maximum Gasteiger partial charge on any atom is 0.224 e. The standard InChI is InChI=1S/C19H20ClNO2/c1-12-4-7-16(14(3)10-12)18(22)8-9-19(23)21-15-6-5-13(2)17(20)11-15/h4-7,10-11H,8-9H2,1-3H3,(H,21,23). The van der Waals surface area contributed by atoms with Crippen LogP contribution in [0.3, 0.4) is 0 Å². The van der Waals surface area contributed by atoms with Crippen LogP contribution in [0.1, 0.15) is 39.9 Å². The van der Waals surface area contributed by atoms with Gasteiger partial charge in [-0.1, -0.05) is 41.4 Å². The van der Waals surface area contributed by atoms with Gasteiger partial charge in [0.25, 0.3) is 0 Å². The van der Waals surface area contributed by atoms with Gasteiger partial charge in [0.2, 0.25) is 5.91 Å². The molecule has 2 aromatic carbocycles. The number of halogens is 1. The summed E-state index contributed by atoms with van der Waals surface area (Å²) >= 11 is 6.03. The average molecular weight is 330 g/mol. The van der Waals surface area contributed by atoms with E-state index in [1.165, 1.54) is 0 Å². The first kappa shape index (κ1) is 17.2. The summed E-state index contributed by atoms with van der Waals surface area (Å²) in [5.41, 5.74) is 4.34. The monoisotopic (exact) mass is 329 g/mol. The van der Waals surface area contributed by atoms with E-state index in [2.05, 4.69) is 5.32 Å². The molecule has 0 spiro atoms. The Morgan fingerprint density at radius 1 is 0.957 bits per heavy atom. The largest absolute Gasteiger partial charge is 0.326 e. The summed E-state index contributed by atoms with van der Waals surface area (Å²) in [6, 6.07) is 11.1. The summed E-state index contributed by atoms with van der Waals surface area (Å²) in [6.45, 7) is 5.80. The molecule has 0 aliphatic heterocycles. The van der Waals surface area contributed by atoms with Gasteiger partial charge < -0.3 is 5.32 Å². The van der Waals surface area contributed by atoms with Crippen LogP contribution in [-0.4, -0.2) is 11.7 Å². The van der Waals surface area contributed by atoms with E-state index < -0.39 is 0 Å². The number of benzene rings is 2. The molecule has 0 saturated heterocycles. The highest BCUT2D eigenvalue weighted by atomic mass is 35.5. The predicted octanol–water partition coefficient (Wildman–Crippen LogP) is 4.87. The number of hydrogen-bond acceptors (Lipinski definition) is 2. The highest BCUT2D eigenvalue weighted by molar-refractivity contribution is 6.31. The van der Waals surface area contributed by atoms with E-state index in [0.29, 0.717) is 16.3 Å². The second-order valence-electron chi connectivity index (χ2n) is 5.75. The van der Waals surface area contributed by atoms with Crippen LogP contribution in [0.25, 0.3) is 0 Å². The summed E-state index contributed by atoms with van der Waals surface area (Å²) < 4.78 is 0. The fourth-order valence-electron chi connectivity index (χ4n) is 2.38. The number of ketones is 1. The lowest BCUT2D eigenvalue weighted by molar-refractivity contribution is -0.116. The van der Waals surface area contributed by atoms with Crippen molar-refractivity contribution in [3.8, 4) is 0 Å². The van der Waals surface area contributed by atoms with Crippen molar-refractivity contribution >= 4 is 29.0 Å².